The Bertz CT molecular complexity index is 231. The molecule has 0 saturated heterocycles. The van der Waals surface area contributed by atoms with E-state index in [0.29, 0.717) is 13.2 Å². The molecule has 64 valence electrons. The van der Waals surface area contributed by atoms with Crippen LogP contribution in [0.25, 0.3) is 0 Å². The summed E-state index contributed by atoms with van der Waals surface area (Å²) < 4.78 is 5.34. The highest BCUT2D eigenvalue weighted by atomic mass is 79.9. The Kier molecular flexibility index (Phi) is 4.73. The van der Waals surface area contributed by atoms with Gasteiger partial charge in [-0.15, -0.1) is 0 Å². The minimum Gasteiger partial charge on any atom is -0.373 e. The zero-order valence-electron chi connectivity index (χ0n) is 6.74. The molecule has 0 atom stereocenters. The topological polar surface area (TPSA) is 9.23 Å². The van der Waals surface area contributed by atoms with E-state index in [1.54, 1.807) is 4.99 Å². The van der Waals surface area contributed by atoms with Crippen LogP contribution in [0.4, 0.5) is 0 Å². The van der Waals surface area contributed by atoms with Crippen LogP contribution in [0.15, 0.2) is 41.4 Å². The lowest BCUT2D eigenvalue weighted by Crippen LogP contribution is -1.91. The van der Waals surface area contributed by atoms with Gasteiger partial charge in [0.05, 0.1) is 13.2 Å². The molecule has 0 radical (unpaired) electrons. The molecule has 0 aliphatic rings. The standard InChI is InChI=1S/C10H11BrO/c11-7-4-8-12-9-10-5-2-1-3-6-10/h1-7H,8-9H2/b7-4+. The van der Waals surface area contributed by atoms with Gasteiger partial charge >= 0.3 is 0 Å². The van der Waals surface area contributed by atoms with Crippen molar-refractivity contribution in [1.29, 1.82) is 0 Å². The van der Waals surface area contributed by atoms with Crippen molar-refractivity contribution in [3.8, 4) is 0 Å². The normalized spacial score (nSPS) is 10.8. The third-order valence-electron chi connectivity index (χ3n) is 1.41. The van der Waals surface area contributed by atoms with Crippen LogP contribution < -0.4 is 0 Å². The van der Waals surface area contributed by atoms with Gasteiger partial charge in [-0.3, -0.25) is 0 Å². The summed E-state index contributed by atoms with van der Waals surface area (Å²) in [6.07, 6.45) is 1.92. The molecule has 1 aromatic rings. The molecule has 0 aliphatic heterocycles. The lowest BCUT2D eigenvalue weighted by molar-refractivity contribution is 0.149. The van der Waals surface area contributed by atoms with Gasteiger partial charge in [0.15, 0.2) is 0 Å². The van der Waals surface area contributed by atoms with E-state index in [1.807, 2.05) is 24.3 Å². The lowest BCUT2D eigenvalue weighted by atomic mass is 10.2. The van der Waals surface area contributed by atoms with E-state index < -0.39 is 0 Å². The molecule has 0 N–H and O–H groups in total. The first kappa shape index (κ1) is 9.49. The van der Waals surface area contributed by atoms with Gasteiger partial charge in [0, 0.05) is 0 Å². The third-order valence-corrected chi connectivity index (χ3v) is 1.79. The number of ether oxygens (including phenoxy) is 1. The van der Waals surface area contributed by atoms with Crippen molar-refractivity contribution in [2.24, 2.45) is 0 Å². The Morgan fingerprint density at radius 3 is 2.67 bits per heavy atom. The quantitative estimate of drug-likeness (QED) is 0.718. The summed E-state index contributed by atoms with van der Waals surface area (Å²) in [5.74, 6) is 0. The molecule has 0 aliphatic carbocycles. The molecule has 0 bridgehead atoms. The Labute approximate surface area is 81.2 Å². The van der Waals surface area contributed by atoms with Gasteiger partial charge in [-0.05, 0) is 10.5 Å². The Morgan fingerprint density at radius 1 is 1.25 bits per heavy atom. The zero-order valence-corrected chi connectivity index (χ0v) is 8.33. The van der Waals surface area contributed by atoms with Crippen LogP contribution in [0, 0.1) is 0 Å². The molecule has 0 saturated carbocycles. The van der Waals surface area contributed by atoms with Crippen LogP contribution in [0.2, 0.25) is 0 Å². The van der Waals surface area contributed by atoms with E-state index in [4.69, 9.17) is 4.74 Å². The van der Waals surface area contributed by atoms with Crippen LogP contribution in [0.3, 0.4) is 0 Å². The number of rotatable bonds is 4. The number of hydrogen-bond donors (Lipinski definition) is 0. The van der Waals surface area contributed by atoms with Crippen LogP contribution in [0.1, 0.15) is 5.56 Å². The maximum absolute atomic E-state index is 5.34. The summed E-state index contributed by atoms with van der Waals surface area (Å²) in [5.41, 5.74) is 1.21. The number of benzene rings is 1. The summed E-state index contributed by atoms with van der Waals surface area (Å²) in [7, 11) is 0. The average Bonchev–Trinajstić information content (AvgIpc) is 2.14. The van der Waals surface area contributed by atoms with Crippen molar-refractivity contribution < 1.29 is 4.74 Å². The second-order valence-corrected chi connectivity index (χ2v) is 2.89. The Morgan fingerprint density at radius 2 is 2.00 bits per heavy atom. The fraction of sp³-hybridized carbons (Fsp3) is 0.200. The van der Waals surface area contributed by atoms with E-state index in [0.717, 1.165) is 0 Å². The predicted molar refractivity (Wildman–Crippen MR) is 54.2 cm³/mol. The summed E-state index contributed by atoms with van der Waals surface area (Å²) in [4.78, 5) is 1.80. The van der Waals surface area contributed by atoms with E-state index >= 15 is 0 Å². The molecule has 0 heterocycles. The van der Waals surface area contributed by atoms with Gasteiger partial charge in [-0.1, -0.05) is 52.3 Å². The molecular weight excluding hydrogens is 216 g/mol. The number of hydrogen-bond acceptors (Lipinski definition) is 1. The lowest BCUT2D eigenvalue weighted by Gasteiger charge is -1.99. The predicted octanol–water partition coefficient (Wildman–Crippen LogP) is 3.11. The number of halogens is 1. The van der Waals surface area contributed by atoms with Gasteiger partial charge < -0.3 is 4.74 Å². The van der Waals surface area contributed by atoms with E-state index in [-0.39, 0.29) is 0 Å². The van der Waals surface area contributed by atoms with Crippen molar-refractivity contribution in [1.82, 2.24) is 0 Å². The Balaban J connectivity index is 2.24. The van der Waals surface area contributed by atoms with Gasteiger partial charge in [0.2, 0.25) is 0 Å². The van der Waals surface area contributed by atoms with Crippen LogP contribution in [0.5, 0.6) is 0 Å². The van der Waals surface area contributed by atoms with Crippen molar-refractivity contribution in [3.05, 3.63) is 47.0 Å². The highest BCUT2D eigenvalue weighted by Gasteiger charge is 1.88. The molecule has 0 amide bonds. The molecule has 2 heteroatoms. The zero-order chi connectivity index (χ0) is 8.65. The van der Waals surface area contributed by atoms with Gasteiger partial charge in [-0.2, -0.15) is 0 Å². The van der Waals surface area contributed by atoms with Crippen molar-refractivity contribution >= 4 is 15.9 Å². The Hall–Kier alpha value is -0.600. The summed E-state index contributed by atoms with van der Waals surface area (Å²) in [6, 6.07) is 10.1. The molecule has 1 aromatic carbocycles. The molecule has 1 nitrogen and oxygen atoms in total. The SMILES string of the molecule is Br/C=C/COCc1ccccc1. The minimum atomic E-state index is 0.653. The second kappa shape index (κ2) is 5.98. The van der Waals surface area contributed by atoms with Gasteiger partial charge in [0.1, 0.15) is 0 Å². The van der Waals surface area contributed by atoms with Crippen LogP contribution in [-0.4, -0.2) is 6.61 Å². The van der Waals surface area contributed by atoms with Crippen molar-refractivity contribution in [3.63, 3.8) is 0 Å². The molecule has 0 aromatic heterocycles. The molecule has 0 fully saturated rings. The van der Waals surface area contributed by atoms with Crippen molar-refractivity contribution in [2.75, 3.05) is 6.61 Å². The maximum atomic E-state index is 5.34. The monoisotopic (exact) mass is 226 g/mol. The van der Waals surface area contributed by atoms with Gasteiger partial charge in [0.25, 0.3) is 0 Å². The fourth-order valence-corrected chi connectivity index (χ4v) is 1.01. The first-order valence-corrected chi connectivity index (χ1v) is 4.72. The molecule has 0 unspecified atom stereocenters. The second-order valence-electron chi connectivity index (χ2n) is 2.36. The smallest absolute Gasteiger partial charge is 0.0721 e. The van der Waals surface area contributed by atoms with E-state index in [9.17, 15) is 0 Å². The third kappa shape index (κ3) is 3.69. The summed E-state index contributed by atoms with van der Waals surface area (Å²) in [6.45, 7) is 1.33. The van der Waals surface area contributed by atoms with E-state index in [1.165, 1.54) is 5.56 Å². The van der Waals surface area contributed by atoms with Crippen LogP contribution >= 0.6 is 15.9 Å². The van der Waals surface area contributed by atoms with Crippen molar-refractivity contribution in [2.45, 2.75) is 6.61 Å². The molecule has 0 spiro atoms. The summed E-state index contributed by atoms with van der Waals surface area (Å²) in [5, 5.41) is 0. The average molecular weight is 227 g/mol. The largest absolute Gasteiger partial charge is 0.373 e. The molecule has 1 rings (SSSR count). The van der Waals surface area contributed by atoms with Gasteiger partial charge in [-0.25, -0.2) is 0 Å². The maximum Gasteiger partial charge on any atom is 0.0721 e. The van der Waals surface area contributed by atoms with Crippen LogP contribution in [-0.2, 0) is 11.3 Å². The molecule has 12 heavy (non-hydrogen) atoms. The molecular formula is C10H11BrO. The summed E-state index contributed by atoms with van der Waals surface area (Å²) >= 11 is 3.18. The first-order valence-electron chi connectivity index (χ1n) is 3.80. The fourth-order valence-electron chi connectivity index (χ4n) is 0.855. The minimum absolute atomic E-state index is 0.653. The van der Waals surface area contributed by atoms with E-state index in [2.05, 4.69) is 28.1 Å². The highest BCUT2D eigenvalue weighted by Crippen LogP contribution is 2.00. The first-order chi connectivity index (χ1) is 5.93. The highest BCUT2D eigenvalue weighted by molar-refractivity contribution is 9.11.